The number of H-pyrrole nitrogens is 1. The number of aliphatic hydroxyl groups is 5. The predicted molar refractivity (Wildman–Crippen MR) is 151 cm³/mol. The van der Waals surface area contributed by atoms with Gasteiger partial charge in [-0.15, -0.1) is 5.48 Å². The van der Waals surface area contributed by atoms with E-state index in [4.69, 9.17) is 14.3 Å². The maximum atomic E-state index is 13.5. The Morgan fingerprint density at radius 3 is 2.32 bits per heavy atom. The molecular formula is C32H40N2O10. The smallest absolute Gasteiger partial charge is 0.356 e. The van der Waals surface area contributed by atoms with Crippen molar-refractivity contribution in [3.8, 4) is 0 Å². The number of carbonyl (C=O) groups excluding carboxylic acids is 2. The highest BCUT2D eigenvalue weighted by Crippen LogP contribution is 2.90. The van der Waals surface area contributed by atoms with Crippen LogP contribution in [0.15, 0.2) is 48.7 Å². The Morgan fingerprint density at radius 1 is 1.02 bits per heavy atom. The molecular weight excluding hydrogens is 572 g/mol. The number of aromatic nitrogens is 1. The van der Waals surface area contributed by atoms with Crippen LogP contribution in [-0.4, -0.2) is 88.4 Å². The highest BCUT2D eigenvalue weighted by atomic mass is 16.7. The minimum absolute atomic E-state index is 0.0314. The molecule has 12 heteroatoms. The number of benzene rings is 1. The quantitative estimate of drug-likeness (QED) is 0.183. The van der Waals surface area contributed by atoms with Gasteiger partial charge in [0.2, 0.25) is 0 Å². The van der Waals surface area contributed by atoms with Crippen LogP contribution in [0.1, 0.15) is 74.7 Å². The number of ether oxygens (including phenoxy) is 2. The minimum Gasteiger partial charge on any atom is -0.451 e. The third-order valence-electron chi connectivity index (χ3n) is 12.6. The highest BCUT2D eigenvalue weighted by molar-refractivity contribution is 5.89. The van der Waals surface area contributed by atoms with Crippen LogP contribution >= 0.6 is 0 Å². The van der Waals surface area contributed by atoms with E-state index < -0.39 is 80.5 Å². The average molecular weight is 613 g/mol. The molecule has 2 saturated heterocycles. The molecule has 6 aliphatic rings. The van der Waals surface area contributed by atoms with Crippen molar-refractivity contribution in [1.82, 2.24) is 10.5 Å². The number of nitrogens with one attached hydrogen (secondary N) is 2. The van der Waals surface area contributed by atoms with E-state index in [1.807, 2.05) is 6.92 Å². The zero-order valence-electron chi connectivity index (χ0n) is 25.3. The van der Waals surface area contributed by atoms with Crippen LogP contribution < -0.4 is 5.48 Å². The summed E-state index contributed by atoms with van der Waals surface area (Å²) in [6.45, 7) is 8.02. The Balaban J connectivity index is 1.44. The van der Waals surface area contributed by atoms with Crippen molar-refractivity contribution in [1.29, 1.82) is 0 Å². The molecule has 7 N–H and O–H groups in total. The summed E-state index contributed by atoms with van der Waals surface area (Å²) >= 11 is 0. The van der Waals surface area contributed by atoms with Gasteiger partial charge in [-0.1, -0.05) is 45.9 Å². The van der Waals surface area contributed by atoms with Crippen LogP contribution in [0.2, 0.25) is 0 Å². The summed E-state index contributed by atoms with van der Waals surface area (Å²) in [5.74, 6) is -5.20. The number of esters is 1. The third-order valence-corrected chi connectivity index (χ3v) is 12.6. The maximum absolute atomic E-state index is 13.5. The average Bonchev–Trinajstić information content (AvgIpc) is 3.61. The number of hydrogen-bond acceptors (Lipinski definition) is 11. The molecule has 1 aromatic carbocycles. The molecule has 2 aliphatic heterocycles. The number of rotatable bonds is 6. The van der Waals surface area contributed by atoms with Crippen molar-refractivity contribution in [3.05, 3.63) is 59.9 Å². The van der Waals surface area contributed by atoms with Gasteiger partial charge in [-0.05, 0) is 55.9 Å². The summed E-state index contributed by atoms with van der Waals surface area (Å²) in [5.41, 5.74) is -12.6. The molecule has 0 radical (unpaired) electrons. The normalized spacial score (nSPS) is 49.8. The lowest BCUT2D eigenvalue weighted by Crippen LogP contribution is -2.78. The first-order valence-corrected chi connectivity index (χ1v) is 15.2. The summed E-state index contributed by atoms with van der Waals surface area (Å²) in [6.07, 6.45) is -0.296. The molecule has 6 fully saturated rings. The lowest BCUT2D eigenvalue weighted by molar-refractivity contribution is -0.383. The van der Waals surface area contributed by atoms with Gasteiger partial charge in [0.25, 0.3) is 0 Å². The number of hydroxylamine groups is 1. The highest BCUT2D eigenvalue weighted by Gasteiger charge is 3.10. The molecule has 44 heavy (non-hydrogen) atoms. The monoisotopic (exact) mass is 612 g/mol. The van der Waals surface area contributed by atoms with Crippen molar-refractivity contribution < 1.29 is 49.4 Å². The summed E-state index contributed by atoms with van der Waals surface area (Å²) in [6, 6.07) is 10.1. The van der Waals surface area contributed by atoms with Crippen molar-refractivity contribution in [2.24, 2.45) is 22.7 Å². The molecule has 4 aliphatic carbocycles. The first-order valence-electron chi connectivity index (χ1n) is 15.2. The fourth-order valence-electron chi connectivity index (χ4n) is 10.5. The van der Waals surface area contributed by atoms with E-state index in [9.17, 15) is 35.1 Å². The molecule has 238 valence electrons. The molecule has 0 unspecified atom stereocenters. The molecule has 2 aromatic rings. The van der Waals surface area contributed by atoms with Crippen molar-refractivity contribution in [2.45, 2.75) is 99.8 Å². The second-order valence-electron chi connectivity index (χ2n) is 14.3. The Labute approximate surface area is 254 Å². The number of hydrogen-bond donors (Lipinski definition) is 7. The Kier molecular flexibility index (Phi) is 5.76. The summed E-state index contributed by atoms with van der Waals surface area (Å²) in [7, 11) is 0. The predicted octanol–water partition coefficient (Wildman–Crippen LogP) is 1.18. The van der Waals surface area contributed by atoms with Gasteiger partial charge in [0.15, 0.2) is 17.5 Å². The van der Waals surface area contributed by atoms with Gasteiger partial charge in [-0.2, -0.15) is 0 Å². The molecule has 1 spiro atoms. The summed E-state index contributed by atoms with van der Waals surface area (Å²) in [5, 5.41) is 64.7. The van der Waals surface area contributed by atoms with Crippen molar-refractivity contribution >= 4 is 11.9 Å². The molecule has 1 aromatic heterocycles. The molecule has 11 atom stereocenters. The lowest BCUT2D eigenvalue weighted by Gasteiger charge is -2.61. The van der Waals surface area contributed by atoms with Crippen molar-refractivity contribution in [3.63, 3.8) is 0 Å². The van der Waals surface area contributed by atoms with E-state index in [0.29, 0.717) is 6.42 Å². The van der Waals surface area contributed by atoms with Gasteiger partial charge in [-0.3, -0.25) is 0 Å². The first kappa shape index (κ1) is 29.8. The van der Waals surface area contributed by atoms with E-state index in [-0.39, 0.29) is 24.1 Å². The van der Waals surface area contributed by atoms with Gasteiger partial charge < -0.3 is 44.8 Å². The Morgan fingerprint density at radius 2 is 1.70 bits per heavy atom. The second kappa shape index (κ2) is 8.49. The molecule has 3 heterocycles. The SMILES string of the molecule is CC(C)[C@@]1(O)[C@@H](OC(=O)c2ccc[nH]2)[C@@]2(O)[C@@]3(C)C[C@]4(O)O[C@@]5([C@@H](NOC(=O)c6ccccc6)[C@@H](C)CC[C@]35O)[C@@]2(O)[C@@]14C. The zero-order chi connectivity index (χ0) is 31.9. The van der Waals surface area contributed by atoms with E-state index in [1.54, 1.807) is 50.2 Å². The molecule has 4 saturated carbocycles. The second-order valence-corrected chi connectivity index (χ2v) is 14.3. The van der Waals surface area contributed by atoms with Gasteiger partial charge >= 0.3 is 11.9 Å². The van der Waals surface area contributed by atoms with E-state index in [0.717, 1.165) is 0 Å². The number of aromatic amines is 1. The lowest BCUT2D eigenvalue weighted by atomic mass is 9.52. The summed E-state index contributed by atoms with van der Waals surface area (Å²) < 4.78 is 12.5. The first-order chi connectivity index (χ1) is 20.5. The van der Waals surface area contributed by atoms with Gasteiger partial charge in [0.1, 0.15) is 28.1 Å². The van der Waals surface area contributed by atoms with Gasteiger partial charge in [0.05, 0.1) is 17.0 Å². The van der Waals surface area contributed by atoms with E-state index >= 15 is 0 Å². The molecule has 0 amide bonds. The minimum atomic E-state index is -2.64. The fraction of sp³-hybridized carbons (Fsp3) is 0.625. The van der Waals surface area contributed by atoms with Crippen LogP contribution in [0.5, 0.6) is 0 Å². The van der Waals surface area contributed by atoms with Crippen molar-refractivity contribution in [2.75, 3.05) is 0 Å². The molecule has 8 rings (SSSR count). The fourth-order valence-corrected chi connectivity index (χ4v) is 10.5. The van der Waals surface area contributed by atoms with Crippen LogP contribution in [0.3, 0.4) is 0 Å². The molecule has 12 nitrogen and oxygen atoms in total. The summed E-state index contributed by atoms with van der Waals surface area (Å²) in [4.78, 5) is 34.8. The van der Waals surface area contributed by atoms with E-state index in [1.165, 1.54) is 26.1 Å². The zero-order valence-corrected chi connectivity index (χ0v) is 25.3. The Bertz CT molecular complexity index is 1540. The van der Waals surface area contributed by atoms with Gasteiger partial charge in [-0.25, -0.2) is 9.59 Å². The maximum Gasteiger partial charge on any atom is 0.356 e. The van der Waals surface area contributed by atoms with Crippen LogP contribution in [0, 0.1) is 22.7 Å². The van der Waals surface area contributed by atoms with Crippen LogP contribution in [-0.2, 0) is 14.3 Å². The standard InChI is InChI=1S/C32H40N2O10/c1-17(2)29(39)24(42-23(36)20-12-9-15-33-20)30(40)25(4)16-28(38)26(29,5)32(30,41)31(44-28)21(18(3)13-14-27(25,31)37)34-43-22(35)19-10-7-6-8-11-19/h6-12,15,17-18,21,24,33-34,37-41H,13-14,16H2,1-5H3/t18-,21-,24+,25-,26+,27-,28-,29+,30+,31+,32+/m0/s1. The van der Waals surface area contributed by atoms with Crippen LogP contribution in [0.25, 0.3) is 0 Å². The molecule has 6 bridgehead atoms. The van der Waals surface area contributed by atoms with Gasteiger partial charge in [0, 0.05) is 18.0 Å². The van der Waals surface area contributed by atoms with Crippen LogP contribution in [0.4, 0.5) is 0 Å². The third kappa shape index (κ3) is 2.63. The van der Waals surface area contributed by atoms with E-state index in [2.05, 4.69) is 10.5 Å². The Hall–Kier alpha value is -2.84. The largest absolute Gasteiger partial charge is 0.451 e. The topological polar surface area (TPSA) is 191 Å². The number of carbonyl (C=O) groups is 2.